The van der Waals surface area contributed by atoms with Crippen molar-refractivity contribution in [3.8, 4) is 0 Å². The fourth-order valence-electron chi connectivity index (χ4n) is 2.90. The molecule has 0 aromatic heterocycles. The first-order valence-electron chi connectivity index (χ1n) is 7.28. The Balaban J connectivity index is 2.10. The molecule has 2 rings (SSSR count). The van der Waals surface area contributed by atoms with Crippen molar-refractivity contribution < 1.29 is 14.8 Å². The number of nitro benzene ring substituents is 1. The van der Waals surface area contributed by atoms with Crippen molar-refractivity contribution in [1.29, 1.82) is 0 Å². The Morgan fingerprint density at radius 2 is 2.24 bits per heavy atom. The summed E-state index contributed by atoms with van der Waals surface area (Å²) in [5.41, 5.74) is 1.51. The average Bonchev–Trinajstić information content (AvgIpc) is 2.47. The first-order chi connectivity index (χ1) is 10.0. The number of aliphatic carboxylic acids is 1. The topological polar surface area (TPSA) is 92.5 Å². The lowest BCUT2D eigenvalue weighted by atomic mass is 9.85. The third-order valence-corrected chi connectivity index (χ3v) is 4.06. The average molecular weight is 292 g/mol. The molecule has 1 aliphatic rings. The number of hydrogen-bond acceptors (Lipinski definition) is 4. The number of aryl methyl sites for hydroxylation is 1. The van der Waals surface area contributed by atoms with Gasteiger partial charge in [-0.3, -0.25) is 14.9 Å². The molecule has 2 unspecified atom stereocenters. The number of rotatable bonds is 5. The van der Waals surface area contributed by atoms with Crippen LogP contribution in [0.4, 0.5) is 11.4 Å². The molecule has 0 spiro atoms. The number of hydrogen-bond donors (Lipinski definition) is 2. The van der Waals surface area contributed by atoms with Gasteiger partial charge in [-0.1, -0.05) is 19.4 Å². The molecular weight excluding hydrogens is 272 g/mol. The largest absolute Gasteiger partial charge is 0.481 e. The van der Waals surface area contributed by atoms with Crippen molar-refractivity contribution in [2.45, 2.75) is 45.1 Å². The van der Waals surface area contributed by atoms with Crippen LogP contribution in [0.3, 0.4) is 0 Å². The van der Waals surface area contributed by atoms with Gasteiger partial charge >= 0.3 is 5.97 Å². The highest BCUT2D eigenvalue weighted by Gasteiger charge is 2.27. The van der Waals surface area contributed by atoms with Gasteiger partial charge in [-0.15, -0.1) is 0 Å². The van der Waals surface area contributed by atoms with Gasteiger partial charge in [0.15, 0.2) is 0 Å². The molecule has 1 aliphatic carbocycles. The molecule has 2 atom stereocenters. The molecule has 0 amide bonds. The van der Waals surface area contributed by atoms with Gasteiger partial charge < -0.3 is 10.4 Å². The predicted molar refractivity (Wildman–Crippen MR) is 79.5 cm³/mol. The summed E-state index contributed by atoms with van der Waals surface area (Å²) in [4.78, 5) is 21.8. The fraction of sp³-hybridized carbons (Fsp3) is 0.533. The quantitative estimate of drug-likeness (QED) is 0.642. The highest BCUT2D eigenvalue weighted by Crippen LogP contribution is 2.29. The number of nitrogens with zero attached hydrogens (tertiary/aromatic N) is 1. The van der Waals surface area contributed by atoms with Crippen LogP contribution in [0.15, 0.2) is 18.2 Å². The maximum atomic E-state index is 11.1. The van der Waals surface area contributed by atoms with Crippen molar-refractivity contribution in [1.82, 2.24) is 0 Å². The third kappa shape index (κ3) is 3.71. The number of nitrogens with one attached hydrogen (secondary N) is 1. The van der Waals surface area contributed by atoms with Crippen molar-refractivity contribution in [3.63, 3.8) is 0 Å². The Bertz CT molecular complexity index is 544. The second-order valence-corrected chi connectivity index (χ2v) is 5.50. The first-order valence-corrected chi connectivity index (χ1v) is 7.28. The van der Waals surface area contributed by atoms with Crippen LogP contribution >= 0.6 is 0 Å². The zero-order chi connectivity index (χ0) is 15.4. The van der Waals surface area contributed by atoms with E-state index in [4.69, 9.17) is 5.11 Å². The number of carbonyl (C=O) groups is 1. The van der Waals surface area contributed by atoms with E-state index in [0.717, 1.165) is 12.8 Å². The molecule has 0 bridgehead atoms. The van der Waals surface area contributed by atoms with E-state index < -0.39 is 5.97 Å². The zero-order valence-electron chi connectivity index (χ0n) is 12.0. The van der Waals surface area contributed by atoms with Crippen molar-refractivity contribution >= 4 is 17.3 Å². The number of carboxylic acid groups (broad SMARTS) is 1. The minimum absolute atomic E-state index is 0.0620. The second-order valence-electron chi connectivity index (χ2n) is 5.50. The molecule has 1 aromatic rings. The maximum Gasteiger partial charge on any atom is 0.306 e. The van der Waals surface area contributed by atoms with Gasteiger partial charge in [-0.25, -0.2) is 0 Å². The molecule has 0 saturated heterocycles. The highest BCUT2D eigenvalue weighted by atomic mass is 16.6. The number of benzene rings is 1. The SMILES string of the molecule is CCc1ccc(NC2CCCC(C(=O)O)C2)cc1[N+](=O)[O-]. The van der Waals surface area contributed by atoms with Crippen LogP contribution in [0.2, 0.25) is 0 Å². The molecule has 1 fully saturated rings. The molecule has 1 saturated carbocycles. The molecule has 6 heteroatoms. The van der Waals surface area contributed by atoms with Gasteiger partial charge in [-0.05, 0) is 31.7 Å². The predicted octanol–water partition coefficient (Wildman–Crippen LogP) is 3.21. The van der Waals surface area contributed by atoms with E-state index >= 15 is 0 Å². The van der Waals surface area contributed by atoms with Gasteiger partial charge in [0.2, 0.25) is 0 Å². The lowest BCUT2D eigenvalue weighted by molar-refractivity contribution is -0.385. The molecule has 2 N–H and O–H groups in total. The van der Waals surface area contributed by atoms with Gasteiger partial charge in [0.1, 0.15) is 0 Å². The van der Waals surface area contributed by atoms with Gasteiger partial charge in [0.05, 0.1) is 10.8 Å². The van der Waals surface area contributed by atoms with Crippen LogP contribution in [0.25, 0.3) is 0 Å². The van der Waals surface area contributed by atoms with E-state index in [1.54, 1.807) is 12.1 Å². The summed E-state index contributed by atoms with van der Waals surface area (Å²) in [6, 6.07) is 5.20. The summed E-state index contributed by atoms with van der Waals surface area (Å²) in [7, 11) is 0. The van der Waals surface area contributed by atoms with Crippen LogP contribution in [0.1, 0.15) is 38.2 Å². The molecule has 0 radical (unpaired) electrons. The Morgan fingerprint density at radius 3 is 2.86 bits per heavy atom. The lowest BCUT2D eigenvalue weighted by Gasteiger charge is -2.28. The number of nitro groups is 1. The third-order valence-electron chi connectivity index (χ3n) is 4.06. The summed E-state index contributed by atoms with van der Waals surface area (Å²) in [6.45, 7) is 1.88. The molecule has 1 aromatic carbocycles. The fourth-order valence-corrected chi connectivity index (χ4v) is 2.90. The van der Waals surface area contributed by atoms with Gasteiger partial charge in [0, 0.05) is 23.4 Å². The molecule has 0 heterocycles. The normalized spacial score (nSPS) is 21.8. The molecule has 0 aliphatic heterocycles. The van der Waals surface area contributed by atoms with E-state index in [2.05, 4.69) is 5.32 Å². The van der Waals surface area contributed by atoms with Crippen LogP contribution in [0, 0.1) is 16.0 Å². The maximum absolute atomic E-state index is 11.1. The standard InChI is InChI=1S/C15H20N2O4/c1-2-10-6-7-13(9-14(10)17(20)21)16-12-5-3-4-11(8-12)15(18)19/h6-7,9,11-12,16H,2-5,8H2,1H3,(H,18,19). The van der Waals surface area contributed by atoms with Gasteiger partial charge in [-0.2, -0.15) is 0 Å². The van der Waals surface area contributed by atoms with E-state index in [0.29, 0.717) is 30.5 Å². The van der Waals surface area contributed by atoms with E-state index in [-0.39, 0.29) is 22.6 Å². The summed E-state index contributed by atoms with van der Waals surface area (Å²) >= 11 is 0. The smallest absolute Gasteiger partial charge is 0.306 e. The zero-order valence-corrected chi connectivity index (χ0v) is 12.0. The Kier molecular flexibility index (Phi) is 4.77. The molecule has 21 heavy (non-hydrogen) atoms. The summed E-state index contributed by atoms with van der Waals surface area (Å²) in [5, 5.41) is 23.4. The monoisotopic (exact) mass is 292 g/mol. The van der Waals surface area contributed by atoms with E-state index in [1.807, 2.05) is 13.0 Å². The summed E-state index contributed by atoms with van der Waals surface area (Å²) in [5.74, 6) is -1.07. The van der Waals surface area contributed by atoms with E-state index in [1.165, 1.54) is 0 Å². The van der Waals surface area contributed by atoms with Gasteiger partial charge in [0.25, 0.3) is 5.69 Å². The van der Waals surface area contributed by atoms with Crippen LogP contribution in [-0.2, 0) is 11.2 Å². The Labute approximate surface area is 123 Å². The molecular formula is C15H20N2O4. The minimum Gasteiger partial charge on any atom is -0.481 e. The number of anilines is 1. The number of carboxylic acids is 1. The van der Waals surface area contributed by atoms with E-state index in [9.17, 15) is 14.9 Å². The summed E-state index contributed by atoms with van der Waals surface area (Å²) in [6.07, 6.45) is 3.65. The molecule has 114 valence electrons. The van der Waals surface area contributed by atoms with Crippen molar-refractivity contribution in [2.24, 2.45) is 5.92 Å². The van der Waals surface area contributed by atoms with Crippen LogP contribution in [0.5, 0.6) is 0 Å². The minimum atomic E-state index is -0.756. The Morgan fingerprint density at radius 1 is 1.48 bits per heavy atom. The first kappa shape index (κ1) is 15.3. The second kappa shape index (κ2) is 6.56. The molecule has 6 nitrogen and oxygen atoms in total. The summed E-state index contributed by atoms with van der Waals surface area (Å²) < 4.78 is 0. The van der Waals surface area contributed by atoms with Crippen molar-refractivity contribution in [3.05, 3.63) is 33.9 Å². The lowest BCUT2D eigenvalue weighted by Crippen LogP contribution is -2.30. The Hall–Kier alpha value is -2.11. The van der Waals surface area contributed by atoms with Crippen LogP contribution < -0.4 is 5.32 Å². The van der Waals surface area contributed by atoms with Crippen molar-refractivity contribution in [2.75, 3.05) is 5.32 Å². The van der Waals surface area contributed by atoms with Crippen LogP contribution in [-0.4, -0.2) is 22.0 Å². The highest BCUT2D eigenvalue weighted by molar-refractivity contribution is 5.70.